The number of nitrogens with one attached hydrogen (secondary N) is 2. The monoisotopic (exact) mass is 178 g/mol. The van der Waals surface area contributed by atoms with Gasteiger partial charge in [0.1, 0.15) is 0 Å². The van der Waals surface area contributed by atoms with Crippen molar-refractivity contribution in [3.63, 3.8) is 0 Å². The Hall–Kier alpha value is -0.760. The van der Waals surface area contributed by atoms with Crippen molar-refractivity contribution in [1.82, 2.24) is 10.3 Å². The molecule has 1 aliphatic rings. The topological polar surface area (TPSA) is 27.8 Å². The average molecular weight is 178 g/mol. The zero-order valence-electron chi connectivity index (χ0n) is 8.65. The minimum atomic E-state index is 0.303. The van der Waals surface area contributed by atoms with Gasteiger partial charge in [-0.3, -0.25) is 0 Å². The van der Waals surface area contributed by atoms with Crippen LogP contribution in [0, 0.1) is 5.41 Å². The summed E-state index contributed by atoms with van der Waals surface area (Å²) >= 11 is 0. The van der Waals surface area contributed by atoms with Gasteiger partial charge in [0, 0.05) is 30.9 Å². The van der Waals surface area contributed by atoms with Crippen molar-refractivity contribution in [2.75, 3.05) is 6.54 Å². The van der Waals surface area contributed by atoms with Crippen LogP contribution >= 0.6 is 0 Å². The maximum Gasteiger partial charge on any atom is 0.0387 e. The third kappa shape index (κ3) is 1.51. The van der Waals surface area contributed by atoms with E-state index in [2.05, 4.69) is 43.3 Å². The van der Waals surface area contributed by atoms with Gasteiger partial charge in [-0.25, -0.2) is 0 Å². The Morgan fingerprint density at radius 2 is 2.15 bits per heavy atom. The van der Waals surface area contributed by atoms with Crippen LogP contribution in [0.2, 0.25) is 0 Å². The summed E-state index contributed by atoms with van der Waals surface area (Å²) in [5.41, 5.74) is 3.18. The Labute approximate surface area is 79.7 Å². The molecule has 1 atom stereocenters. The number of aromatic nitrogens is 1. The van der Waals surface area contributed by atoms with Gasteiger partial charge in [0.05, 0.1) is 0 Å². The maximum atomic E-state index is 3.58. The van der Waals surface area contributed by atoms with E-state index in [1.807, 2.05) is 0 Å². The zero-order chi connectivity index (χ0) is 9.47. The Balaban J connectivity index is 2.35. The third-order valence-corrected chi connectivity index (χ3v) is 2.77. The van der Waals surface area contributed by atoms with Crippen molar-refractivity contribution in [2.24, 2.45) is 5.41 Å². The van der Waals surface area contributed by atoms with Gasteiger partial charge in [0.2, 0.25) is 0 Å². The molecule has 2 nitrogen and oxygen atoms in total. The van der Waals surface area contributed by atoms with E-state index in [1.165, 1.54) is 11.3 Å². The predicted octanol–water partition coefficient (Wildman–Crippen LogP) is 2.25. The summed E-state index contributed by atoms with van der Waals surface area (Å²) < 4.78 is 0. The molecule has 2 heteroatoms. The average Bonchev–Trinajstić information content (AvgIpc) is 2.48. The van der Waals surface area contributed by atoms with Crippen LogP contribution in [-0.2, 0) is 6.42 Å². The lowest BCUT2D eigenvalue weighted by Crippen LogP contribution is -2.37. The summed E-state index contributed by atoms with van der Waals surface area (Å²) in [6.45, 7) is 7.95. The van der Waals surface area contributed by atoms with E-state index in [-0.39, 0.29) is 0 Å². The summed E-state index contributed by atoms with van der Waals surface area (Å²) in [6, 6.07) is 2.71. The molecule has 13 heavy (non-hydrogen) atoms. The Morgan fingerprint density at radius 3 is 2.85 bits per heavy atom. The molecule has 72 valence electrons. The van der Waals surface area contributed by atoms with Crippen molar-refractivity contribution in [3.05, 3.63) is 23.5 Å². The molecule has 0 radical (unpaired) electrons. The van der Waals surface area contributed by atoms with Crippen molar-refractivity contribution < 1.29 is 0 Å². The molecule has 0 aromatic carbocycles. The summed E-state index contributed by atoms with van der Waals surface area (Å²) in [5, 5.41) is 3.58. The van der Waals surface area contributed by atoms with Crippen molar-refractivity contribution in [1.29, 1.82) is 0 Å². The molecule has 2 heterocycles. The lowest BCUT2D eigenvalue weighted by molar-refractivity contribution is 0.263. The molecule has 1 unspecified atom stereocenters. The summed E-state index contributed by atoms with van der Waals surface area (Å²) in [5.74, 6) is 0. The van der Waals surface area contributed by atoms with Gasteiger partial charge in [-0.15, -0.1) is 0 Å². The highest BCUT2D eigenvalue weighted by Gasteiger charge is 2.30. The van der Waals surface area contributed by atoms with E-state index >= 15 is 0 Å². The molecule has 2 N–H and O–H groups in total. The Morgan fingerprint density at radius 1 is 1.38 bits per heavy atom. The molecule has 0 saturated carbocycles. The molecule has 0 bridgehead atoms. The fourth-order valence-corrected chi connectivity index (χ4v) is 2.13. The molecular weight excluding hydrogens is 160 g/mol. The van der Waals surface area contributed by atoms with Crippen LogP contribution in [0.3, 0.4) is 0 Å². The summed E-state index contributed by atoms with van der Waals surface area (Å²) in [6.07, 6.45) is 3.19. The van der Waals surface area contributed by atoms with Gasteiger partial charge >= 0.3 is 0 Å². The number of H-pyrrole nitrogens is 1. The molecule has 2 rings (SSSR count). The van der Waals surface area contributed by atoms with E-state index < -0.39 is 0 Å². The van der Waals surface area contributed by atoms with Gasteiger partial charge in [-0.1, -0.05) is 20.8 Å². The number of rotatable bonds is 0. The molecule has 0 amide bonds. The highest BCUT2D eigenvalue weighted by atomic mass is 15.0. The SMILES string of the molecule is CC(C)(C)C1NCCc2[nH]ccc21. The van der Waals surface area contributed by atoms with E-state index in [4.69, 9.17) is 0 Å². The van der Waals surface area contributed by atoms with Crippen LogP contribution in [-0.4, -0.2) is 11.5 Å². The lowest BCUT2D eigenvalue weighted by Gasteiger charge is -2.35. The third-order valence-electron chi connectivity index (χ3n) is 2.77. The van der Waals surface area contributed by atoms with Crippen LogP contribution in [0.5, 0.6) is 0 Å². The molecular formula is C11H18N2. The zero-order valence-corrected chi connectivity index (χ0v) is 8.65. The molecule has 0 aliphatic carbocycles. The largest absolute Gasteiger partial charge is 0.365 e. The van der Waals surface area contributed by atoms with E-state index in [9.17, 15) is 0 Å². The van der Waals surface area contributed by atoms with Crippen LogP contribution in [0.4, 0.5) is 0 Å². The molecule has 1 aliphatic heterocycles. The second kappa shape index (κ2) is 2.88. The standard InChI is InChI=1S/C11H18N2/c1-11(2,3)10-8-4-6-12-9(8)5-7-13-10/h4,6,10,12-13H,5,7H2,1-3H3. The first-order valence-electron chi connectivity index (χ1n) is 4.98. The van der Waals surface area contributed by atoms with E-state index in [0.29, 0.717) is 11.5 Å². The van der Waals surface area contributed by atoms with Crippen LogP contribution < -0.4 is 5.32 Å². The second-order valence-corrected chi connectivity index (χ2v) is 4.91. The maximum absolute atomic E-state index is 3.58. The second-order valence-electron chi connectivity index (χ2n) is 4.91. The van der Waals surface area contributed by atoms with Crippen molar-refractivity contribution in [3.8, 4) is 0 Å². The molecule has 0 saturated heterocycles. The van der Waals surface area contributed by atoms with Crippen LogP contribution in [0.25, 0.3) is 0 Å². The number of fused-ring (bicyclic) bond motifs is 1. The Kier molecular flexibility index (Phi) is 1.95. The minimum Gasteiger partial charge on any atom is -0.365 e. The van der Waals surface area contributed by atoms with Crippen molar-refractivity contribution in [2.45, 2.75) is 33.2 Å². The van der Waals surface area contributed by atoms with Gasteiger partial charge in [0.25, 0.3) is 0 Å². The molecule has 1 aromatic rings. The van der Waals surface area contributed by atoms with Crippen LogP contribution in [0.1, 0.15) is 38.1 Å². The van der Waals surface area contributed by atoms with Gasteiger partial charge < -0.3 is 10.3 Å². The normalized spacial score (nSPS) is 22.8. The lowest BCUT2D eigenvalue weighted by atomic mass is 9.80. The molecule has 1 aromatic heterocycles. The smallest absolute Gasteiger partial charge is 0.0387 e. The molecule has 0 fully saturated rings. The Bertz CT molecular complexity index is 293. The van der Waals surface area contributed by atoms with Gasteiger partial charge in [-0.2, -0.15) is 0 Å². The summed E-state index contributed by atoms with van der Waals surface area (Å²) in [7, 11) is 0. The first-order valence-corrected chi connectivity index (χ1v) is 4.98. The first kappa shape index (κ1) is 8.82. The minimum absolute atomic E-state index is 0.303. The number of hydrogen-bond acceptors (Lipinski definition) is 1. The van der Waals surface area contributed by atoms with Crippen molar-refractivity contribution >= 4 is 0 Å². The highest BCUT2D eigenvalue weighted by molar-refractivity contribution is 5.28. The summed E-state index contributed by atoms with van der Waals surface area (Å²) in [4.78, 5) is 3.32. The molecule has 0 spiro atoms. The van der Waals surface area contributed by atoms with E-state index in [1.54, 1.807) is 0 Å². The van der Waals surface area contributed by atoms with Crippen LogP contribution in [0.15, 0.2) is 12.3 Å². The fourth-order valence-electron chi connectivity index (χ4n) is 2.13. The first-order chi connectivity index (χ1) is 6.09. The fraction of sp³-hybridized carbons (Fsp3) is 0.636. The predicted molar refractivity (Wildman–Crippen MR) is 54.7 cm³/mol. The number of aromatic amines is 1. The highest BCUT2D eigenvalue weighted by Crippen LogP contribution is 2.36. The van der Waals surface area contributed by atoms with E-state index in [0.717, 1.165) is 13.0 Å². The van der Waals surface area contributed by atoms with Gasteiger partial charge in [-0.05, 0) is 17.0 Å². The van der Waals surface area contributed by atoms with Gasteiger partial charge in [0.15, 0.2) is 0 Å². The number of hydrogen-bond donors (Lipinski definition) is 2. The quantitative estimate of drug-likeness (QED) is 0.626.